The van der Waals surface area contributed by atoms with Crippen molar-refractivity contribution in [1.29, 1.82) is 0 Å². The molecule has 1 fully saturated rings. The third kappa shape index (κ3) is 6.31. The van der Waals surface area contributed by atoms with Crippen molar-refractivity contribution in [1.82, 2.24) is 5.32 Å². The van der Waals surface area contributed by atoms with Crippen LogP contribution in [0.4, 0.5) is 30.7 Å². The monoisotopic (exact) mass is 473 g/mol. The molecule has 0 unspecified atom stereocenters. The molecule has 1 saturated heterocycles. The summed E-state index contributed by atoms with van der Waals surface area (Å²) in [6.07, 6.45) is -12.0. The summed E-state index contributed by atoms with van der Waals surface area (Å²) in [6, 6.07) is 6.20. The highest BCUT2D eigenvalue weighted by Crippen LogP contribution is 2.38. The van der Waals surface area contributed by atoms with E-state index in [4.69, 9.17) is 9.47 Å². The van der Waals surface area contributed by atoms with Crippen LogP contribution in [0.25, 0.3) is 0 Å². The molecule has 0 aliphatic carbocycles. The van der Waals surface area contributed by atoms with E-state index in [0.29, 0.717) is 24.2 Å². The maximum absolute atomic E-state index is 13.2. The first kappa shape index (κ1) is 25.4. The van der Waals surface area contributed by atoms with Gasteiger partial charge in [0.25, 0.3) is 0 Å². The summed E-state index contributed by atoms with van der Waals surface area (Å²) >= 11 is 0. The van der Waals surface area contributed by atoms with E-state index in [1.54, 1.807) is 0 Å². The van der Waals surface area contributed by atoms with Crippen LogP contribution in [0.2, 0.25) is 0 Å². The Labute approximate surface area is 179 Å². The highest BCUT2D eigenvalue weighted by molar-refractivity contribution is 5.85. The molecule has 0 aromatic heterocycles. The van der Waals surface area contributed by atoms with Crippen LogP contribution in [-0.2, 0) is 21.8 Å². The van der Waals surface area contributed by atoms with Gasteiger partial charge in [-0.25, -0.2) is 4.39 Å². The average Bonchev–Trinajstić information content (AvgIpc) is 2.67. The highest BCUT2D eigenvalue weighted by Gasteiger charge is 2.38. The fourth-order valence-corrected chi connectivity index (χ4v) is 3.14. The molecule has 0 amide bonds. The predicted octanol–water partition coefficient (Wildman–Crippen LogP) is 6.05. The summed E-state index contributed by atoms with van der Waals surface area (Å²) in [5.41, 5.74) is -2.52. The van der Waals surface area contributed by atoms with Crippen molar-refractivity contribution in [2.24, 2.45) is 0 Å². The second kappa shape index (κ2) is 9.72. The quantitative estimate of drug-likeness (QED) is 0.548. The molecule has 11 heteroatoms. The lowest BCUT2D eigenvalue weighted by molar-refractivity contribution is -0.200. The Morgan fingerprint density at radius 1 is 0.968 bits per heavy atom. The number of halogens is 8. The zero-order valence-corrected chi connectivity index (χ0v) is 16.9. The van der Waals surface area contributed by atoms with Crippen LogP contribution in [-0.4, -0.2) is 19.4 Å². The molecule has 172 valence electrons. The molecule has 0 bridgehead atoms. The minimum absolute atomic E-state index is 0. The van der Waals surface area contributed by atoms with Gasteiger partial charge >= 0.3 is 12.4 Å². The molecular formula is C20H19ClF7NO2. The van der Waals surface area contributed by atoms with Crippen LogP contribution in [0.5, 0.6) is 0 Å². The first-order valence-electron chi connectivity index (χ1n) is 9.00. The summed E-state index contributed by atoms with van der Waals surface area (Å²) in [5, 5.41) is 3.10. The van der Waals surface area contributed by atoms with Gasteiger partial charge in [0.1, 0.15) is 5.82 Å². The topological polar surface area (TPSA) is 30.5 Å². The van der Waals surface area contributed by atoms with Crippen LogP contribution in [0.1, 0.15) is 41.3 Å². The number of ether oxygens (including phenoxy) is 2. The van der Waals surface area contributed by atoms with E-state index >= 15 is 0 Å². The van der Waals surface area contributed by atoms with Crippen LogP contribution >= 0.6 is 12.4 Å². The van der Waals surface area contributed by atoms with Crippen LogP contribution in [0, 0.1) is 5.82 Å². The minimum Gasteiger partial charge on any atom is -0.349 e. The molecule has 3 rings (SSSR count). The molecule has 0 radical (unpaired) electrons. The molecule has 1 N–H and O–H groups in total. The summed E-state index contributed by atoms with van der Waals surface area (Å²) in [4.78, 5) is 0. The lowest BCUT2D eigenvalue weighted by Crippen LogP contribution is -2.43. The highest BCUT2D eigenvalue weighted by atomic mass is 35.5. The average molecular weight is 474 g/mol. The Balaban J connectivity index is 0.00000341. The first-order chi connectivity index (χ1) is 13.9. The number of morpholine rings is 1. The summed E-state index contributed by atoms with van der Waals surface area (Å²) in [5.74, 6) is -0.454. The maximum Gasteiger partial charge on any atom is 0.416 e. The van der Waals surface area contributed by atoms with E-state index < -0.39 is 47.7 Å². The van der Waals surface area contributed by atoms with Crippen LogP contribution < -0.4 is 5.32 Å². The molecule has 1 aliphatic rings. The third-order valence-electron chi connectivity index (χ3n) is 4.67. The SMILES string of the molecule is C[C@H](O[C@@H]1OCCN[C@H]1c1ccc(F)cc1)c1cc(C(F)(F)F)cc(C(F)(F)F)c1.Cl. The minimum atomic E-state index is -4.95. The molecular weight excluding hydrogens is 455 g/mol. The molecule has 0 spiro atoms. The molecule has 1 aliphatic heterocycles. The first-order valence-corrected chi connectivity index (χ1v) is 9.00. The van der Waals surface area contributed by atoms with Gasteiger partial charge in [0.15, 0.2) is 6.29 Å². The molecule has 1 heterocycles. The molecule has 2 aromatic rings. The largest absolute Gasteiger partial charge is 0.416 e. The van der Waals surface area contributed by atoms with Gasteiger partial charge in [-0.3, -0.25) is 0 Å². The lowest BCUT2D eigenvalue weighted by atomic mass is 10.0. The number of rotatable bonds is 4. The van der Waals surface area contributed by atoms with E-state index in [0.717, 1.165) is 0 Å². The van der Waals surface area contributed by atoms with Gasteiger partial charge in [-0.1, -0.05) is 12.1 Å². The Morgan fingerprint density at radius 3 is 2.03 bits per heavy atom. The number of hydrogen-bond acceptors (Lipinski definition) is 3. The second-order valence-corrected chi connectivity index (χ2v) is 6.84. The fourth-order valence-electron chi connectivity index (χ4n) is 3.14. The van der Waals surface area contributed by atoms with Gasteiger partial charge in [-0.2, -0.15) is 26.3 Å². The molecule has 2 aromatic carbocycles. The van der Waals surface area contributed by atoms with Gasteiger partial charge in [-0.15, -0.1) is 12.4 Å². The van der Waals surface area contributed by atoms with Crippen LogP contribution in [0.3, 0.4) is 0 Å². The maximum atomic E-state index is 13.2. The van der Waals surface area contributed by atoms with Crippen molar-refractivity contribution in [2.45, 2.75) is 37.7 Å². The molecule has 3 atom stereocenters. The normalized spacial score (nSPS) is 20.8. The molecule has 0 saturated carbocycles. The van der Waals surface area contributed by atoms with E-state index in [1.807, 2.05) is 0 Å². The third-order valence-corrected chi connectivity index (χ3v) is 4.67. The van der Waals surface area contributed by atoms with Crippen molar-refractivity contribution in [3.05, 3.63) is 70.5 Å². The van der Waals surface area contributed by atoms with Crippen molar-refractivity contribution in [2.75, 3.05) is 13.2 Å². The van der Waals surface area contributed by atoms with E-state index in [1.165, 1.54) is 31.2 Å². The standard InChI is InChI=1S/C20H18F7NO2.ClH/c1-11(13-8-14(19(22,23)24)10-15(9-13)20(25,26)27)30-18-17(28-6-7-29-18)12-2-4-16(21)5-3-12;/h2-5,8-11,17-18,28H,6-7H2,1H3;1H/t11-,17-,18-;/m0./s1. The predicted molar refractivity (Wildman–Crippen MR) is 100 cm³/mol. The van der Waals surface area contributed by atoms with Crippen molar-refractivity contribution in [3.8, 4) is 0 Å². The number of nitrogens with one attached hydrogen (secondary N) is 1. The van der Waals surface area contributed by atoms with Gasteiger partial charge in [0, 0.05) is 6.54 Å². The summed E-state index contributed by atoms with van der Waals surface area (Å²) in [7, 11) is 0. The second-order valence-electron chi connectivity index (χ2n) is 6.84. The van der Waals surface area contributed by atoms with Crippen molar-refractivity contribution < 1.29 is 40.2 Å². The van der Waals surface area contributed by atoms with Crippen molar-refractivity contribution in [3.63, 3.8) is 0 Å². The van der Waals surface area contributed by atoms with Gasteiger partial charge < -0.3 is 14.8 Å². The Kier molecular flexibility index (Phi) is 7.96. The van der Waals surface area contributed by atoms with E-state index in [2.05, 4.69) is 5.32 Å². The summed E-state index contributed by atoms with van der Waals surface area (Å²) < 4.78 is 103. The Morgan fingerprint density at radius 2 is 1.52 bits per heavy atom. The van der Waals surface area contributed by atoms with Gasteiger partial charge in [0.2, 0.25) is 0 Å². The van der Waals surface area contributed by atoms with E-state index in [-0.39, 0.29) is 30.6 Å². The molecule has 3 nitrogen and oxygen atoms in total. The lowest BCUT2D eigenvalue weighted by Gasteiger charge is -2.34. The zero-order chi connectivity index (χ0) is 22.1. The van der Waals surface area contributed by atoms with Gasteiger partial charge in [0.05, 0.1) is 29.9 Å². The summed E-state index contributed by atoms with van der Waals surface area (Å²) in [6.45, 7) is 2.01. The Bertz CT molecular complexity index is 839. The molecule has 31 heavy (non-hydrogen) atoms. The smallest absolute Gasteiger partial charge is 0.349 e. The van der Waals surface area contributed by atoms with E-state index in [9.17, 15) is 30.7 Å². The number of alkyl halides is 6. The Hall–Kier alpha value is -1.88. The zero-order valence-electron chi connectivity index (χ0n) is 16.1. The van der Waals surface area contributed by atoms with Gasteiger partial charge in [-0.05, 0) is 48.4 Å². The van der Waals surface area contributed by atoms with Crippen LogP contribution in [0.15, 0.2) is 42.5 Å². The van der Waals surface area contributed by atoms with Crippen molar-refractivity contribution >= 4 is 12.4 Å². The fraction of sp³-hybridized carbons (Fsp3) is 0.400. The number of hydrogen-bond donors (Lipinski definition) is 1. The number of benzene rings is 2.